The highest BCUT2D eigenvalue weighted by Crippen LogP contribution is 2.25. The van der Waals surface area contributed by atoms with Crippen molar-refractivity contribution in [2.45, 2.75) is 38.3 Å². The largest absolute Gasteiger partial charge is 0.355 e. The number of rotatable bonds is 5. The average Bonchev–Trinajstić information content (AvgIpc) is 2.79. The first-order chi connectivity index (χ1) is 13.8. The minimum atomic E-state index is 0.0865. The van der Waals surface area contributed by atoms with Crippen LogP contribution in [0.1, 0.15) is 31.2 Å². The third-order valence-electron chi connectivity index (χ3n) is 5.87. The van der Waals surface area contributed by atoms with Gasteiger partial charge in [0.1, 0.15) is 5.82 Å². The lowest BCUT2D eigenvalue weighted by Gasteiger charge is -2.42. The van der Waals surface area contributed by atoms with Gasteiger partial charge in [0.15, 0.2) is 0 Å². The summed E-state index contributed by atoms with van der Waals surface area (Å²) in [6, 6.07) is 4.45. The molecule has 1 N–H and O–H groups in total. The van der Waals surface area contributed by atoms with Crippen molar-refractivity contribution in [1.82, 2.24) is 25.2 Å². The molecule has 0 aromatic carbocycles. The summed E-state index contributed by atoms with van der Waals surface area (Å²) in [7, 11) is 0. The second-order valence-corrected chi connectivity index (χ2v) is 7.69. The molecule has 0 aliphatic carbocycles. The first-order valence-electron chi connectivity index (χ1n) is 10.2. The summed E-state index contributed by atoms with van der Waals surface area (Å²) in [6.07, 6.45) is 13.1. The highest BCUT2D eigenvalue weighted by molar-refractivity contribution is 5.78. The summed E-state index contributed by atoms with van der Waals surface area (Å²) in [5, 5.41) is 3.09. The zero-order valence-corrected chi connectivity index (χ0v) is 16.2. The summed E-state index contributed by atoms with van der Waals surface area (Å²) in [5.41, 5.74) is 1.04. The molecule has 0 bridgehead atoms. The zero-order valence-electron chi connectivity index (χ0n) is 16.2. The van der Waals surface area contributed by atoms with Crippen LogP contribution in [0.4, 0.5) is 5.82 Å². The van der Waals surface area contributed by atoms with E-state index in [2.05, 4.69) is 30.1 Å². The van der Waals surface area contributed by atoms with E-state index in [1.807, 2.05) is 18.3 Å². The Bertz CT molecular complexity index is 748. The number of hydrogen-bond acceptors (Lipinski definition) is 6. The zero-order chi connectivity index (χ0) is 19.2. The van der Waals surface area contributed by atoms with Crippen molar-refractivity contribution in [3.8, 4) is 0 Å². The Morgan fingerprint density at radius 1 is 1.07 bits per heavy atom. The van der Waals surface area contributed by atoms with Gasteiger partial charge in [0.25, 0.3) is 0 Å². The van der Waals surface area contributed by atoms with E-state index >= 15 is 0 Å². The third kappa shape index (κ3) is 4.65. The summed E-state index contributed by atoms with van der Waals surface area (Å²) in [5.74, 6) is 1.22. The van der Waals surface area contributed by atoms with E-state index in [-0.39, 0.29) is 11.8 Å². The van der Waals surface area contributed by atoms with Gasteiger partial charge >= 0.3 is 0 Å². The number of amides is 1. The molecule has 0 unspecified atom stereocenters. The number of nitrogens with zero attached hydrogens (tertiary/aromatic N) is 5. The van der Waals surface area contributed by atoms with Crippen molar-refractivity contribution in [1.29, 1.82) is 0 Å². The number of carbonyl (C=O) groups is 1. The van der Waals surface area contributed by atoms with Crippen LogP contribution < -0.4 is 10.2 Å². The molecule has 7 heteroatoms. The maximum atomic E-state index is 12.7. The molecule has 4 rings (SSSR count). The number of nitrogens with one attached hydrogen (secondary N) is 1. The number of pyridine rings is 1. The van der Waals surface area contributed by atoms with E-state index in [9.17, 15) is 4.79 Å². The van der Waals surface area contributed by atoms with Crippen LogP contribution in [0.5, 0.6) is 0 Å². The van der Waals surface area contributed by atoms with Crippen LogP contribution in [-0.4, -0.2) is 58.0 Å². The molecule has 1 atom stereocenters. The highest BCUT2D eigenvalue weighted by atomic mass is 16.1. The van der Waals surface area contributed by atoms with Crippen molar-refractivity contribution >= 4 is 11.7 Å². The Labute approximate surface area is 166 Å². The molecule has 28 heavy (non-hydrogen) atoms. The molecule has 1 amide bonds. The highest BCUT2D eigenvalue weighted by Gasteiger charge is 2.31. The smallest absolute Gasteiger partial charge is 0.224 e. The van der Waals surface area contributed by atoms with Gasteiger partial charge in [0, 0.05) is 57.0 Å². The van der Waals surface area contributed by atoms with Gasteiger partial charge in [-0.1, -0.05) is 6.07 Å². The molecular weight excluding hydrogens is 352 g/mol. The van der Waals surface area contributed by atoms with Crippen LogP contribution in [0, 0.1) is 5.92 Å². The normalized spacial score (nSPS) is 21.4. The van der Waals surface area contributed by atoms with Gasteiger partial charge in [0.2, 0.25) is 5.91 Å². The molecule has 2 saturated heterocycles. The molecule has 2 fully saturated rings. The van der Waals surface area contributed by atoms with Gasteiger partial charge in [-0.3, -0.25) is 19.7 Å². The molecule has 4 heterocycles. The minimum Gasteiger partial charge on any atom is -0.355 e. The van der Waals surface area contributed by atoms with E-state index < -0.39 is 0 Å². The number of likely N-dealkylation sites (tertiary alicyclic amines) is 1. The van der Waals surface area contributed by atoms with Gasteiger partial charge in [-0.15, -0.1) is 0 Å². The molecule has 2 aromatic heterocycles. The predicted molar refractivity (Wildman–Crippen MR) is 108 cm³/mol. The maximum Gasteiger partial charge on any atom is 0.224 e. The first-order valence-corrected chi connectivity index (χ1v) is 10.2. The van der Waals surface area contributed by atoms with E-state index in [1.165, 1.54) is 0 Å². The Morgan fingerprint density at radius 2 is 1.93 bits per heavy atom. The van der Waals surface area contributed by atoms with E-state index in [0.717, 1.165) is 63.2 Å². The molecule has 0 saturated carbocycles. The standard InChI is InChI=1S/C21H28N6O/c28-21(25-14-17-3-1-7-22-13-17)18-4-2-10-27(16-18)19-5-11-26(12-6-19)20-15-23-8-9-24-20/h1,3,7-9,13,15,18-19H,2,4-6,10-12,14,16H2,(H,25,28)/t18-/m1/s1. The summed E-state index contributed by atoms with van der Waals surface area (Å²) < 4.78 is 0. The van der Waals surface area contributed by atoms with E-state index in [1.54, 1.807) is 24.8 Å². The second-order valence-electron chi connectivity index (χ2n) is 7.69. The van der Waals surface area contributed by atoms with Gasteiger partial charge in [0.05, 0.1) is 12.1 Å². The first kappa shape index (κ1) is 18.8. The van der Waals surface area contributed by atoms with Crippen molar-refractivity contribution in [2.24, 2.45) is 5.92 Å². The number of aromatic nitrogens is 3. The molecule has 7 nitrogen and oxygen atoms in total. The van der Waals surface area contributed by atoms with Crippen LogP contribution in [0.3, 0.4) is 0 Å². The fourth-order valence-electron chi connectivity index (χ4n) is 4.30. The van der Waals surface area contributed by atoms with Crippen LogP contribution in [0.2, 0.25) is 0 Å². The molecular formula is C21H28N6O. The maximum absolute atomic E-state index is 12.7. The number of hydrogen-bond donors (Lipinski definition) is 1. The lowest BCUT2D eigenvalue weighted by atomic mass is 9.93. The Morgan fingerprint density at radius 3 is 2.68 bits per heavy atom. The number of piperidine rings is 2. The van der Waals surface area contributed by atoms with Gasteiger partial charge < -0.3 is 10.2 Å². The molecule has 0 spiro atoms. The lowest BCUT2D eigenvalue weighted by molar-refractivity contribution is -0.127. The Kier molecular flexibility index (Phi) is 6.11. The van der Waals surface area contributed by atoms with Gasteiger partial charge in [-0.05, 0) is 43.9 Å². The monoisotopic (exact) mass is 380 g/mol. The van der Waals surface area contributed by atoms with Crippen molar-refractivity contribution in [2.75, 3.05) is 31.1 Å². The van der Waals surface area contributed by atoms with Crippen molar-refractivity contribution < 1.29 is 4.79 Å². The quantitative estimate of drug-likeness (QED) is 0.854. The Hall–Kier alpha value is -2.54. The van der Waals surface area contributed by atoms with Crippen LogP contribution in [0.15, 0.2) is 43.1 Å². The van der Waals surface area contributed by atoms with Crippen LogP contribution in [0.25, 0.3) is 0 Å². The summed E-state index contributed by atoms with van der Waals surface area (Å²) in [4.78, 5) is 30.2. The second kappa shape index (κ2) is 9.10. The SMILES string of the molecule is O=C(NCc1cccnc1)[C@@H]1CCCN(C2CCN(c3cnccn3)CC2)C1. The van der Waals surface area contributed by atoms with Gasteiger partial charge in [-0.2, -0.15) is 0 Å². The van der Waals surface area contributed by atoms with Crippen LogP contribution in [-0.2, 0) is 11.3 Å². The predicted octanol–water partition coefficient (Wildman–Crippen LogP) is 1.87. The van der Waals surface area contributed by atoms with Crippen LogP contribution >= 0.6 is 0 Å². The Balaban J connectivity index is 1.26. The van der Waals surface area contributed by atoms with Crippen molar-refractivity contribution in [3.63, 3.8) is 0 Å². The molecule has 148 valence electrons. The minimum absolute atomic E-state index is 0.0865. The van der Waals surface area contributed by atoms with E-state index in [0.29, 0.717) is 12.6 Å². The van der Waals surface area contributed by atoms with Crippen molar-refractivity contribution in [3.05, 3.63) is 48.7 Å². The molecule has 2 aromatic rings. The fraction of sp³-hybridized carbons (Fsp3) is 0.524. The topological polar surface area (TPSA) is 74.2 Å². The average molecular weight is 380 g/mol. The summed E-state index contributed by atoms with van der Waals surface area (Å²) in [6.45, 7) is 4.52. The van der Waals surface area contributed by atoms with Gasteiger partial charge in [-0.25, -0.2) is 4.98 Å². The molecule has 2 aliphatic rings. The number of carbonyl (C=O) groups excluding carboxylic acids is 1. The number of anilines is 1. The van der Waals surface area contributed by atoms with E-state index in [4.69, 9.17) is 0 Å². The molecule has 0 radical (unpaired) electrons. The fourth-order valence-corrected chi connectivity index (χ4v) is 4.30. The lowest BCUT2D eigenvalue weighted by Crippen LogP contribution is -2.50. The third-order valence-corrected chi connectivity index (χ3v) is 5.87. The molecule has 2 aliphatic heterocycles. The summed E-state index contributed by atoms with van der Waals surface area (Å²) >= 11 is 0.